The number of carbonyl (C=O) groups excluding carboxylic acids is 1. The Labute approximate surface area is 178 Å². The van der Waals surface area contributed by atoms with Gasteiger partial charge in [-0.25, -0.2) is 4.98 Å². The molecule has 29 heavy (non-hydrogen) atoms. The standard InChI is InChI=1S/C24H29N3OS/c1-16-5-8-20(9-6-16)26-22(28)11-12-29-23-18(15-25)13-17-14-19(24(2,3)4)7-10-21(17)27-23/h5-6,8-9,13,19H,7,10-12,14H2,1-4H3,(H,26,28). The highest BCUT2D eigenvalue weighted by atomic mass is 32.2. The fourth-order valence-corrected chi connectivity index (χ4v) is 4.59. The highest BCUT2D eigenvalue weighted by Gasteiger charge is 2.30. The van der Waals surface area contributed by atoms with Crippen LogP contribution in [0.3, 0.4) is 0 Å². The summed E-state index contributed by atoms with van der Waals surface area (Å²) in [5.41, 5.74) is 5.20. The van der Waals surface area contributed by atoms with Crippen molar-refractivity contribution in [3.63, 3.8) is 0 Å². The third kappa shape index (κ3) is 5.61. The van der Waals surface area contributed by atoms with Crippen molar-refractivity contribution in [1.29, 1.82) is 5.26 Å². The Hall–Kier alpha value is -2.32. The molecule has 3 rings (SSSR count). The number of hydrogen-bond acceptors (Lipinski definition) is 4. The van der Waals surface area contributed by atoms with Crippen LogP contribution in [0.15, 0.2) is 35.4 Å². The van der Waals surface area contributed by atoms with E-state index in [9.17, 15) is 10.1 Å². The van der Waals surface area contributed by atoms with E-state index in [1.54, 1.807) is 0 Å². The molecule has 5 heteroatoms. The van der Waals surface area contributed by atoms with E-state index in [-0.39, 0.29) is 11.3 Å². The van der Waals surface area contributed by atoms with E-state index in [2.05, 4.69) is 32.2 Å². The number of thioether (sulfide) groups is 1. The number of nitrogens with zero attached hydrogens (tertiary/aromatic N) is 2. The van der Waals surface area contributed by atoms with Crippen LogP contribution in [0.1, 0.15) is 56.0 Å². The number of rotatable bonds is 5. The first-order chi connectivity index (χ1) is 13.8. The third-order valence-electron chi connectivity index (χ3n) is 5.60. The van der Waals surface area contributed by atoms with E-state index < -0.39 is 0 Å². The molecule has 0 aliphatic heterocycles. The topological polar surface area (TPSA) is 65.8 Å². The van der Waals surface area contributed by atoms with E-state index >= 15 is 0 Å². The minimum Gasteiger partial charge on any atom is -0.326 e. The Morgan fingerprint density at radius 2 is 2.03 bits per heavy atom. The van der Waals surface area contributed by atoms with Crippen molar-refractivity contribution in [1.82, 2.24) is 4.98 Å². The molecular formula is C24H29N3OS. The molecule has 1 atom stereocenters. The minimum atomic E-state index is -0.0224. The molecule has 152 valence electrons. The number of nitrogens with one attached hydrogen (secondary N) is 1. The summed E-state index contributed by atoms with van der Waals surface area (Å²) in [5.74, 6) is 1.20. The van der Waals surface area contributed by atoms with Crippen LogP contribution in [0, 0.1) is 29.6 Å². The van der Waals surface area contributed by atoms with Gasteiger partial charge in [0.2, 0.25) is 5.91 Å². The van der Waals surface area contributed by atoms with Crippen LogP contribution < -0.4 is 5.32 Å². The normalized spacial score (nSPS) is 16.0. The van der Waals surface area contributed by atoms with E-state index in [1.165, 1.54) is 17.3 Å². The summed E-state index contributed by atoms with van der Waals surface area (Å²) in [7, 11) is 0. The number of anilines is 1. The highest BCUT2D eigenvalue weighted by Crippen LogP contribution is 2.38. The maximum absolute atomic E-state index is 12.2. The monoisotopic (exact) mass is 407 g/mol. The van der Waals surface area contributed by atoms with Gasteiger partial charge < -0.3 is 5.32 Å². The molecular weight excluding hydrogens is 378 g/mol. The molecule has 0 saturated heterocycles. The maximum Gasteiger partial charge on any atom is 0.225 e. The number of hydrogen-bond donors (Lipinski definition) is 1. The van der Waals surface area contributed by atoms with Gasteiger partial charge in [-0.3, -0.25) is 4.79 Å². The first-order valence-electron chi connectivity index (χ1n) is 10.2. The molecule has 0 bridgehead atoms. The molecule has 1 aliphatic rings. The van der Waals surface area contributed by atoms with Gasteiger partial charge >= 0.3 is 0 Å². The Balaban J connectivity index is 1.60. The van der Waals surface area contributed by atoms with E-state index in [0.29, 0.717) is 23.7 Å². The predicted octanol–water partition coefficient (Wildman–Crippen LogP) is 5.53. The number of benzene rings is 1. The number of aromatic nitrogens is 1. The van der Waals surface area contributed by atoms with Crippen LogP contribution >= 0.6 is 11.8 Å². The lowest BCUT2D eigenvalue weighted by molar-refractivity contribution is -0.115. The number of amides is 1. The van der Waals surface area contributed by atoms with Crippen LogP contribution in [0.2, 0.25) is 0 Å². The van der Waals surface area contributed by atoms with Gasteiger partial charge in [0.25, 0.3) is 0 Å². The zero-order valence-corrected chi connectivity index (χ0v) is 18.5. The molecule has 1 amide bonds. The Morgan fingerprint density at radius 3 is 2.69 bits per heavy atom. The molecule has 1 aromatic carbocycles. The van der Waals surface area contributed by atoms with E-state index in [4.69, 9.17) is 4.98 Å². The van der Waals surface area contributed by atoms with Gasteiger partial charge in [0.1, 0.15) is 11.1 Å². The molecule has 1 aromatic heterocycles. The number of pyridine rings is 1. The maximum atomic E-state index is 12.2. The molecule has 1 aliphatic carbocycles. The van der Waals surface area contributed by atoms with Crippen molar-refractivity contribution in [3.05, 3.63) is 52.7 Å². The van der Waals surface area contributed by atoms with Gasteiger partial charge in [0.15, 0.2) is 0 Å². The number of aryl methyl sites for hydroxylation is 2. The summed E-state index contributed by atoms with van der Waals surface area (Å²) < 4.78 is 0. The van der Waals surface area contributed by atoms with Gasteiger partial charge in [-0.15, -0.1) is 11.8 Å². The molecule has 0 fully saturated rings. The van der Waals surface area contributed by atoms with Crippen molar-refractivity contribution >= 4 is 23.4 Å². The second-order valence-corrected chi connectivity index (χ2v) is 9.96. The fourth-order valence-electron chi connectivity index (χ4n) is 3.68. The van der Waals surface area contributed by atoms with Crippen LogP contribution in [0.5, 0.6) is 0 Å². The lowest BCUT2D eigenvalue weighted by atomic mass is 9.71. The second-order valence-electron chi connectivity index (χ2n) is 8.88. The fraction of sp³-hybridized carbons (Fsp3) is 0.458. The van der Waals surface area contributed by atoms with Gasteiger partial charge in [-0.2, -0.15) is 5.26 Å². The van der Waals surface area contributed by atoms with Crippen LogP contribution in [0.25, 0.3) is 0 Å². The van der Waals surface area contributed by atoms with Crippen molar-refractivity contribution in [2.24, 2.45) is 11.3 Å². The predicted molar refractivity (Wildman–Crippen MR) is 119 cm³/mol. The van der Waals surface area contributed by atoms with Gasteiger partial charge in [-0.1, -0.05) is 38.5 Å². The molecule has 0 spiro atoms. The van der Waals surface area contributed by atoms with Crippen LogP contribution in [-0.4, -0.2) is 16.6 Å². The van der Waals surface area contributed by atoms with Gasteiger partial charge in [0, 0.05) is 23.6 Å². The average molecular weight is 408 g/mol. The Bertz CT molecular complexity index is 923. The van der Waals surface area contributed by atoms with Gasteiger partial charge in [0.05, 0.1) is 5.56 Å². The number of nitriles is 1. The molecule has 1 heterocycles. The Kier molecular flexibility index (Phi) is 6.64. The lowest BCUT2D eigenvalue weighted by Gasteiger charge is -2.34. The number of fused-ring (bicyclic) bond motifs is 1. The third-order valence-corrected chi connectivity index (χ3v) is 6.59. The van der Waals surface area contributed by atoms with Gasteiger partial charge in [-0.05, 0) is 61.3 Å². The molecule has 0 radical (unpaired) electrons. The summed E-state index contributed by atoms with van der Waals surface area (Å²) in [5, 5.41) is 13.3. The summed E-state index contributed by atoms with van der Waals surface area (Å²) in [6, 6.07) is 12.1. The first-order valence-corrected chi connectivity index (χ1v) is 11.2. The molecule has 4 nitrogen and oxygen atoms in total. The zero-order valence-electron chi connectivity index (χ0n) is 17.7. The van der Waals surface area contributed by atoms with E-state index in [0.717, 1.165) is 41.2 Å². The lowest BCUT2D eigenvalue weighted by Crippen LogP contribution is -2.27. The average Bonchev–Trinajstić information content (AvgIpc) is 2.68. The zero-order chi connectivity index (χ0) is 21.0. The summed E-state index contributed by atoms with van der Waals surface area (Å²) in [6.07, 6.45) is 3.47. The van der Waals surface area contributed by atoms with Crippen LogP contribution in [-0.2, 0) is 17.6 Å². The number of carbonyl (C=O) groups is 1. The Morgan fingerprint density at radius 1 is 1.31 bits per heavy atom. The highest BCUT2D eigenvalue weighted by molar-refractivity contribution is 7.99. The smallest absolute Gasteiger partial charge is 0.225 e. The second kappa shape index (κ2) is 9.00. The van der Waals surface area contributed by atoms with Crippen molar-refractivity contribution in [2.45, 2.75) is 58.4 Å². The summed E-state index contributed by atoms with van der Waals surface area (Å²) >= 11 is 1.50. The van der Waals surface area contributed by atoms with Crippen LogP contribution in [0.4, 0.5) is 5.69 Å². The SMILES string of the molecule is Cc1ccc(NC(=O)CCSc2nc3c(cc2C#N)CC(C(C)(C)C)CC3)cc1. The van der Waals surface area contributed by atoms with Crippen molar-refractivity contribution < 1.29 is 4.79 Å². The molecule has 0 saturated carbocycles. The van der Waals surface area contributed by atoms with Crippen molar-refractivity contribution in [3.8, 4) is 6.07 Å². The quantitative estimate of drug-likeness (QED) is 0.662. The van der Waals surface area contributed by atoms with Crippen molar-refractivity contribution in [2.75, 3.05) is 11.1 Å². The summed E-state index contributed by atoms with van der Waals surface area (Å²) in [6.45, 7) is 8.87. The van der Waals surface area contributed by atoms with E-state index in [1.807, 2.05) is 37.3 Å². The summed E-state index contributed by atoms with van der Waals surface area (Å²) in [4.78, 5) is 17.0. The molecule has 1 unspecified atom stereocenters. The molecule has 2 aromatic rings. The first kappa shape index (κ1) is 21.4. The molecule has 1 N–H and O–H groups in total. The largest absolute Gasteiger partial charge is 0.326 e. The minimum absolute atomic E-state index is 0.0224.